The van der Waals surface area contributed by atoms with Crippen LogP contribution in [-0.2, 0) is 16.1 Å². The smallest absolute Gasteiger partial charge is 0.325 e. The first-order chi connectivity index (χ1) is 11.4. The monoisotopic (exact) mass is 333 g/mol. The van der Waals surface area contributed by atoms with Crippen LogP contribution >= 0.6 is 0 Å². The van der Waals surface area contributed by atoms with E-state index in [9.17, 15) is 14.4 Å². The van der Waals surface area contributed by atoms with E-state index >= 15 is 0 Å². The summed E-state index contributed by atoms with van der Waals surface area (Å²) in [6.45, 7) is 4.52. The van der Waals surface area contributed by atoms with E-state index in [4.69, 9.17) is 5.11 Å². The summed E-state index contributed by atoms with van der Waals surface area (Å²) in [5.41, 5.74) is 1.16. The van der Waals surface area contributed by atoms with Crippen molar-refractivity contribution in [2.75, 3.05) is 19.6 Å². The Labute approximate surface area is 140 Å². The van der Waals surface area contributed by atoms with Gasteiger partial charge in [0, 0.05) is 50.3 Å². The Kier molecular flexibility index (Phi) is 4.71. The van der Waals surface area contributed by atoms with Crippen LogP contribution in [0.1, 0.15) is 31.4 Å². The van der Waals surface area contributed by atoms with Gasteiger partial charge in [-0.2, -0.15) is 0 Å². The van der Waals surface area contributed by atoms with E-state index < -0.39 is 12.0 Å². The highest BCUT2D eigenvalue weighted by Crippen LogP contribution is 2.34. The minimum absolute atomic E-state index is 0.0673. The average Bonchev–Trinajstić information content (AvgIpc) is 2.54. The lowest BCUT2D eigenvalue weighted by Gasteiger charge is -2.42. The van der Waals surface area contributed by atoms with Crippen molar-refractivity contribution < 1.29 is 14.7 Å². The van der Waals surface area contributed by atoms with Gasteiger partial charge in [0.15, 0.2) is 0 Å². The number of carbonyl (C=O) groups excluding carboxylic acids is 1. The molecule has 0 aliphatic carbocycles. The fourth-order valence-electron chi connectivity index (χ4n) is 3.81. The Morgan fingerprint density at radius 3 is 2.88 bits per heavy atom. The predicted octanol–water partition coefficient (Wildman–Crippen LogP) is 0.247. The fourth-order valence-corrected chi connectivity index (χ4v) is 3.81. The molecule has 2 aliphatic rings. The third-order valence-corrected chi connectivity index (χ3v) is 4.96. The van der Waals surface area contributed by atoms with Crippen LogP contribution in [0, 0.1) is 5.92 Å². The number of pyridine rings is 1. The van der Waals surface area contributed by atoms with Crippen LogP contribution in [-0.4, -0.2) is 52.1 Å². The van der Waals surface area contributed by atoms with Crippen molar-refractivity contribution in [3.8, 4) is 0 Å². The van der Waals surface area contributed by atoms with E-state index in [-0.39, 0.29) is 11.5 Å². The number of carboxylic acids is 1. The van der Waals surface area contributed by atoms with Crippen molar-refractivity contribution >= 4 is 11.9 Å². The van der Waals surface area contributed by atoms with Crippen LogP contribution in [0.2, 0.25) is 0 Å². The Morgan fingerprint density at radius 1 is 1.33 bits per heavy atom. The highest BCUT2D eigenvalue weighted by atomic mass is 16.4. The molecule has 24 heavy (non-hydrogen) atoms. The Hall–Kier alpha value is -2.15. The van der Waals surface area contributed by atoms with E-state index in [0.29, 0.717) is 24.8 Å². The molecule has 0 spiro atoms. The molecule has 1 aromatic rings. The zero-order chi connectivity index (χ0) is 17.3. The number of carbonyl (C=O) groups is 2. The van der Waals surface area contributed by atoms with Crippen LogP contribution in [0.3, 0.4) is 0 Å². The number of fused-ring (bicyclic) bond motifs is 4. The van der Waals surface area contributed by atoms with Crippen LogP contribution in [0.4, 0.5) is 0 Å². The van der Waals surface area contributed by atoms with Crippen LogP contribution < -0.4 is 10.9 Å². The maximum atomic E-state index is 12.0. The van der Waals surface area contributed by atoms with Gasteiger partial charge in [0.1, 0.15) is 6.04 Å². The van der Waals surface area contributed by atoms with Crippen LogP contribution in [0.5, 0.6) is 0 Å². The zero-order valence-electron chi connectivity index (χ0n) is 13.8. The van der Waals surface area contributed by atoms with Crippen molar-refractivity contribution in [2.24, 2.45) is 5.92 Å². The summed E-state index contributed by atoms with van der Waals surface area (Å²) in [5, 5.41) is 11.3. The molecule has 7 heteroatoms. The van der Waals surface area contributed by atoms with Crippen molar-refractivity contribution in [2.45, 2.75) is 38.3 Å². The van der Waals surface area contributed by atoms with E-state index in [0.717, 1.165) is 31.7 Å². The van der Waals surface area contributed by atoms with E-state index in [1.165, 1.54) is 6.92 Å². The molecule has 2 aliphatic heterocycles. The molecule has 2 N–H and O–H groups in total. The van der Waals surface area contributed by atoms with Crippen molar-refractivity contribution in [1.82, 2.24) is 14.8 Å². The number of hydrogen-bond acceptors (Lipinski definition) is 4. The molecule has 0 aromatic carbocycles. The van der Waals surface area contributed by atoms with Gasteiger partial charge in [-0.25, -0.2) is 0 Å². The second-order valence-electron chi connectivity index (χ2n) is 6.84. The third kappa shape index (κ3) is 3.51. The van der Waals surface area contributed by atoms with Crippen LogP contribution in [0.15, 0.2) is 23.0 Å². The summed E-state index contributed by atoms with van der Waals surface area (Å²) in [5.74, 6) is -0.514. The number of carboxylic acid groups (broad SMARTS) is 1. The molecule has 3 atom stereocenters. The molecular weight excluding hydrogens is 310 g/mol. The van der Waals surface area contributed by atoms with Gasteiger partial charge in [-0.1, -0.05) is 6.07 Å². The van der Waals surface area contributed by atoms with E-state index in [1.807, 2.05) is 16.7 Å². The summed E-state index contributed by atoms with van der Waals surface area (Å²) >= 11 is 0. The maximum Gasteiger partial charge on any atom is 0.325 e. The van der Waals surface area contributed by atoms with Crippen molar-refractivity contribution in [3.63, 3.8) is 0 Å². The zero-order valence-corrected chi connectivity index (χ0v) is 13.8. The Balaban J connectivity index is 1.58. The number of aliphatic carboxylic acids is 1. The number of piperidine rings is 1. The summed E-state index contributed by atoms with van der Waals surface area (Å²) in [6, 6.07) is 4.58. The molecule has 7 nitrogen and oxygen atoms in total. The molecule has 1 fully saturated rings. The first-order valence-corrected chi connectivity index (χ1v) is 8.38. The second kappa shape index (κ2) is 6.76. The first-order valence-electron chi connectivity index (χ1n) is 8.38. The molecule has 3 unspecified atom stereocenters. The van der Waals surface area contributed by atoms with Gasteiger partial charge in [-0.15, -0.1) is 0 Å². The number of rotatable bonds is 5. The molecule has 130 valence electrons. The summed E-state index contributed by atoms with van der Waals surface area (Å²) in [7, 11) is 0. The lowest BCUT2D eigenvalue weighted by molar-refractivity contribution is -0.141. The van der Waals surface area contributed by atoms with Gasteiger partial charge in [0.2, 0.25) is 5.91 Å². The second-order valence-corrected chi connectivity index (χ2v) is 6.84. The highest BCUT2D eigenvalue weighted by molar-refractivity contribution is 5.83. The lowest BCUT2D eigenvalue weighted by Crippen LogP contribution is -2.48. The fraction of sp³-hybridized carbons (Fsp3) is 0.588. The minimum Gasteiger partial charge on any atom is -0.480 e. The number of hydrogen-bond donors (Lipinski definition) is 2. The molecule has 3 heterocycles. The van der Waals surface area contributed by atoms with Gasteiger partial charge >= 0.3 is 5.97 Å². The van der Waals surface area contributed by atoms with Gasteiger partial charge in [-0.3, -0.25) is 14.4 Å². The Morgan fingerprint density at radius 2 is 2.12 bits per heavy atom. The van der Waals surface area contributed by atoms with E-state index in [2.05, 4.69) is 10.2 Å². The molecule has 1 aromatic heterocycles. The molecule has 1 saturated heterocycles. The van der Waals surface area contributed by atoms with E-state index in [1.54, 1.807) is 6.07 Å². The number of amides is 1. The van der Waals surface area contributed by atoms with Crippen molar-refractivity contribution in [1.29, 1.82) is 0 Å². The lowest BCUT2D eigenvalue weighted by atomic mass is 9.83. The molecule has 2 bridgehead atoms. The molecular formula is C17H23N3O4. The number of nitrogens with zero attached hydrogens (tertiary/aromatic N) is 2. The summed E-state index contributed by atoms with van der Waals surface area (Å²) < 4.78 is 1.89. The number of likely N-dealkylation sites (tertiary alicyclic amines) is 1. The van der Waals surface area contributed by atoms with Crippen molar-refractivity contribution in [3.05, 3.63) is 34.2 Å². The summed E-state index contributed by atoms with van der Waals surface area (Å²) in [4.78, 5) is 36.9. The van der Waals surface area contributed by atoms with Gasteiger partial charge in [0.25, 0.3) is 5.56 Å². The largest absolute Gasteiger partial charge is 0.480 e. The number of nitrogens with one attached hydrogen (secondary N) is 1. The van der Waals surface area contributed by atoms with Gasteiger partial charge in [0.05, 0.1) is 0 Å². The quantitative estimate of drug-likeness (QED) is 0.806. The minimum atomic E-state index is -1.03. The molecule has 0 radical (unpaired) electrons. The average molecular weight is 333 g/mol. The first kappa shape index (κ1) is 16.7. The molecule has 1 amide bonds. The molecule has 3 rings (SSSR count). The standard InChI is InChI=1S/C17H23N3O4/c1-11(17(23)24)18-15(21)5-6-19-8-12-7-13(10-19)14-3-2-4-16(22)20(14)9-12/h2-4,11-13H,5-10H2,1H3,(H,18,21)(H,23,24). The topological polar surface area (TPSA) is 91.6 Å². The SMILES string of the molecule is CC(NC(=O)CCN1CC2CC(C1)c1cccc(=O)n1C2)C(=O)O. The summed E-state index contributed by atoms with van der Waals surface area (Å²) in [6.07, 6.45) is 1.38. The Bertz CT molecular complexity index is 699. The normalized spacial score (nSPS) is 24.0. The number of aromatic nitrogens is 1. The van der Waals surface area contributed by atoms with Gasteiger partial charge < -0.3 is 19.9 Å². The van der Waals surface area contributed by atoms with Gasteiger partial charge in [-0.05, 0) is 25.3 Å². The highest BCUT2D eigenvalue weighted by Gasteiger charge is 2.34. The third-order valence-electron chi connectivity index (χ3n) is 4.96. The molecule has 0 saturated carbocycles. The maximum absolute atomic E-state index is 12.0. The predicted molar refractivity (Wildman–Crippen MR) is 87.8 cm³/mol. The van der Waals surface area contributed by atoms with Crippen LogP contribution in [0.25, 0.3) is 0 Å².